The largest absolute Gasteiger partial charge is 0.507 e. The number of halogens is 1. The van der Waals surface area contributed by atoms with Gasteiger partial charge in [-0.15, -0.1) is 26.9 Å². The van der Waals surface area contributed by atoms with Crippen LogP contribution in [0.1, 0.15) is 12.8 Å². The highest BCUT2D eigenvalue weighted by molar-refractivity contribution is 7.91. The lowest BCUT2D eigenvalue weighted by Crippen LogP contribution is -2.16. The average Bonchev–Trinajstić information content (AvgIpc) is 3.19. The SMILES string of the molecule is O=C(CCCS(=O)(=O)CCCl)Nc1cc(N=Nc2c(Nc3ccccc3)ccc3cc(S(=O)(=O)O)cc(O)c23)c(S(=O)(=O)O)cc1N=Nc1ccc(S(=O)(=O)CCOS(=O)(=O)O)cc1. The van der Waals surface area contributed by atoms with Crippen molar-refractivity contribution in [3.05, 3.63) is 91.0 Å². The zero-order valence-corrected chi connectivity index (χ0v) is 37.3. The summed E-state index contributed by atoms with van der Waals surface area (Å²) in [6.45, 7) is -0.889. The second-order valence-electron chi connectivity index (χ2n) is 13.2. The summed E-state index contributed by atoms with van der Waals surface area (Å²) in [4.78, 5) is 11.3. The first-order chi connectivity index (χ1) is 29.8. The molecule has 0 aromatic heterocycles. The van der Waals surface area contributed by atoms with Crippen molar-refractivity contribution in [2.24, 2.45) is 20.5 Å². The number of hydrogen-bond acceptors (Lipinski definition) is 18. The summed E-state index contributed by atoms with van der Waals surface area (Å²) in [5, 5.41) is 32.7. The standard InChI is InChI=1S/C36H35ClN6O16S5/c37-14-17-60(46,47)16-4-7-34(45)39-29-21-31(33(63(53,54)55)22-30(29)41-40-25-9-11-26(12-10-25)61(48,49)18-15-59-64(56,57)58)42-43-36-28(38-24-5-2-1-3-6-24)13-8-23-19-27(62(50,51)52)20-32(44)35(23)36/h1-3,5-6,8-13,19-22,38,44H,4,7,14-18H2,(H,39,45)(H,50,51,52)(H,53,54,55)(H,56,57,58). The number of hydrogen-bond donors (Lipinski definition) is 6. The van der Waals surface area contributed by atoms with Crippen LogP contribution in [-0.4, -0.2) is 96.5 Å². The van der Waals surface area contributed by atoms with Crippen molar-refractivity contribution in [1.82, 2.24) is 0 Å². The number of nitrogens with one attached hydrogen (secondary N) is 2. The number of rotatable bonds is 20. The molecule has 5 rings (SSSR count). The van der Waals surface area contributed by atoms with Crippen LogP contribution in [0.2, 0.25) is 0 Å². The van der Waals surface area contributed by atoms with E-state index in [0.29, 0.717) is 5.69 Å². The summed E-state index contributed by atoms with van der Waals surface area (Å²) in [5.41, 5.74) is -0.976. The molecule has 0 atom stereocenters. The molecule has 0 fully saturated rings. The maximum absolute atomic E-state index is 13.2. The van der Waals surface area contributed by atoms with Crippen LogP contribution in [0.3, 0.4) is 0 Å². The van der Waals surface area contributed by atoms with E-state index >= 15 is 0 Å². The molecule has 0 unspecified atom stereocenters. The van der Waals surface area contributed by atoms with Crippen LogP contribution in [0.4, 0.5) is 39.8 Å². The Morgan fingerprint density at radius 2 is 1.34 bits per heavy atom. The molecule has 0 aliphatic carbocycles. The maximum atomic E-state index is 13.2. The molecule has 0 saturated heterocycles. The Bertz CT molecular complexity index is 3210. The van der Waals surface area contributed by atoms with Crippen LogP contribution in [0.25, 0.3) is 10.8 Å². The molecular weight excluding hydrogens is 968 g/mol. The highest BCUT2D eigenvalue weighted by atomic mass is 35.5. The van der Waals surface area contributed by atoms with Crippen LogP contribution in [0.5, 0.6) is 5.75 Å². The number of alkyl halides is 1. The van der Waals surface area contributed by atoms with Gasteiger partial charge in [0.05, 0.1) is 56.1 Å². The molecule has 1 amide bonds. The van der Waals surface area contributed by atoms with Crippen molar-refractivity contribution in [2.45, 2.75) is 27.5 Å². The number of sulfone groups is 2. The summed E-state index contributed by atoms with van der Waals surface area (Å²) >= 11 is 5.55. The molecule has 0 aliphatic heterocycles. The zero-order valence-electron chi connectivity index (χ0n) is 32.5. The number of carbonyl (C=O) groups is 1. The molecule has 5 aromatic carbocycles. The summed E-state index contributed by atoms with van der Waals surface area (Å²) in [6, 6.07) is 19.2. The minimum atomic E-state index is -5.23. The molecule has 28 heteroatoms. The number of nitrogens with zero attached hydrogens (tertiary/aromatic N) is 4. The monoisotopic (exact) mass is 1000 g/mol. The van der Waals surface area contributed by atoms with Crippen LogP contribution in [-0.2, 0) is 59.3 Å². The number of amides is 1. The van der Waals surface area contributed by atoms with Crippen molar-refractivity contribution in [3.63, 3.8) is 0 Å². The fourth-order valence-electron chi connectivity index (χ4n) is 5.64. The van der Waals surface area contributed by atoms with Gasteiger partial charge in [-0.25, -0.2) is 21.0 Å². The minimum absolute atomic E-state index is 0.0313. The lowest BCUT2D eigenvalue weighted by molar-refractivity contribution is -0.116. The van der Waals surface area contributed by atoms with Gasteiger partial charge in [0.1, 0.15) is 27.7 Å². The Labute approximate surface area is 371 Å². The summed E-state index contributed by atoms with van der Waals surface area (Å²) in [6.07, 6.45) is -0.536. The van der Waals surface area contributed by atoms with Gasteiger partial charge in [0.15, 0.2) is 19.7 Å². The maximum Gasteiger partial charge on any atom is 0.397 e. The number of aromatic hydroxyl groups is 1. The summed E-state index contributed by atoms with van der Waals surface area (Å²) in [7, 11) is -22.7. The number of para-hydroxylation sites is 1. The molecule has 0 bridgehead atoms. The van der Waals surface area contributed by atoms with Crippen molar-refractivity contribution >= 4 is 118 Å². The fraction of sp³-hybridized carbons (Fsp3) is 0.194. The van der Waals surface area contributed by atoms with Gasteiger partial charge in [-0.2, -0.15) is 30.4 Å². The number of benzene rings is 5. The highest BCUT2D eigenvalue weighted by Gasteiger charge is 2.23. The number of carbonyl (C=O) groups excluding carboxylic acids is 1. The molecule has 0 saturated carbocycles. The molecular formula is C36H35ClN6O16S5. The third-order valence-electron chi connectivity index (χ3n) is 8.58. The summed E-state index contributed by atoms with van der Waals surface area (Å²) < 4.78 is 154. The quantitative estimate of drug-likeness (QED) is 0.0272. The van der Waals surface area contributed by atoms with E-state index in [1.165, 1.54) is 12.1 Å². The summed E-state index contributed by atoms with van der Waals surface area (Å²) in [5.74, 6) is -3.23. The lowest BCUT2D eigenvalue weighted by Gasteiger charge is -2.14. The van der Waals surface area contributed by atoms with Gasteiger partial charge in [0.2, 0.25) is 5.91 Å². The Morgan fingerprint density at radius 1 is 0.672 bits per heavy atom. The Hall–Kier alpha value is -5.49. The number of anilines is 3. The van der Waals surface area contributed by atoms with Gasteiger partial charge in [-0.3, -0.25) is 18.5 Å². The van der Waals surface area contributed by atoms with E-state index in [0.717, 1.165) is 48.5 Å². The van der Waals surface area contributed by atoms with Gasteiger partial charge >= 0.3 is 10.4 Å². The topological polar surface area (TPSA) is 351 Å². The van der Waals surface area contributed by atoms with Crippen molar-refractivity contribution in [2.75, 3.05) is 40.4 Å². The van der Waals surface area contributed by atoms with Gasteiger partial charge in [-0.05, 0) is 72.5 Å². The second-order valence-corrected chi connectivity index (χ2v) is 21.9. The smallest absolute Gasteiger partial charge is 0.397 e. The van der Waals surface area contributed by atoms with Gasteiger partial charge < -0.3 is 15.7 Å². The molecule has 0 heterocycles. The van der Waals surface area contributed by atoms with E-state index in [4.69, 9.17) is 16.2 Å². The van der Waals surface area contributed by atoms with Gasteiger partial charge in [-0.1, -0.05) is 24.3 Å². The minimum Gasteiger partial charge on any atom is -0.507 e. The molecule has 22 nitrogen and oxygen atoms in total. The van der Waals surface area contributed by atoms with E-state index < -0.39 is 101 Å². The average molecular weight is 1000 g/mol. The van der Waals surface area contributed by atoms with E-state index in [2.05, 4.69) is 35.3 Å². The normalized spacial score (nSPS) is 12.9. The fourth-order valence-corrected chi connectivity index (χ4v) is 10.0. The van der Waals surface area contributed by atoms with E-state index in [1.807, 2.05) is 0 Å². The Morgan fingerprint density at radius 3 is 1.97 bits per heavy atom. The molecule has 5 aromatic rings. The number of azo groups is 2. The van der Waals surface area contributed by atoms with Gasteiger partial charge in [0.25, 0.3) is 20.2 Å². The number of phenols is 1. The molecule has 0 spiro atoms. The molecule has 64 heavy (non-hydrogen) atoms. The molecule has 0 aliphatic rings. The van der Waals surface area contributed by atoms with Crippen molar-refractivity contribution in [1.29, 1.82) is 0 Å². The Kier molecular flexibility index (Phi) is 15.6. The molecule has 0 radical (unpaired) electrons. The second kappa shape index (κ2) is 20.1. The molecule has 6 N–H and O–H groups in total. The van der Waals surface area contributed by atoms with Crippen LogP contribution in [0.15, 0.2) is 126 Å². The first kappa shape index (κ1) is 49.5. The Balaban J connectivity index is 1.61. The van der Waals surface area contributed by atoms with E-state index in [9.17, 15) is 61.1 Å². The number of fused-ring (bicyclic) bond motifs is 1. The third-order valence-corrected chi connectivity index (χ3v) is 14.6. The first-order valence-electron chi connectivity index (χ1n) is 17.9. The lowest BCUT2D eigenvalue weighted by atomic mass is 10.1. The predicted molar refractivity (Wildman–Crippen MR) is 233 cm³/mol. The zero-order chi connectivity index (χ0) is 47.1. The number of phenolic OH excluding ortho intramolecular Hbond substituents is 1. The van der Waals surface area contributed by atoms with Crippen LogP contribution >= 0.6 is 11.6 Å². The third kappa shape index (κ3) is 13.8. The predicted octanol–water partition coefficient (Wildman–Crippen LogP) is 6.58. The van der Waals surface area contributed by atoms with Crippen molar-refractivity contribution in [3.8, 4) is 5.75 Å². The van der Waals surface area contributed by atoms with E-state index in [-0.39, 0.29) is 62.9 Å². The molecule has 342 valence electrons. The highest BCUT2D eigenvalue weighted by Crippen LogP contribution is 2.44. The van der Waals surface area contributed by atoms with Crippen molar-refractivity contribution < 1.29 is 69.8 Å². The van der Waals surface area contributed by atoms with Gasteiger partial charge in [0, 0.05) is 24.1 Å². The van der Waals surface area contributed by atoms with E-state index in [1.54, 1.807) is 30.3 Å². The van der Waals surface area contributed by atoms with Crippen LogP contribution < -0.4 is 10.6 Å². The first-order valence-corrected chi connectivity index (χ1v) is 26.2. The van der Waals surface area contributed by atoms with Crippen LogP contribution in [0, 0.1) is 0 Å².